The van der Waals surface area contributed by atoms with Gasteiger partial charge in [0.1, 0.15) is 5.76 Å². The second-order valence-electron chi connectivity index (χ2n) is 3.91. The molecule has 1 aromatic carbocycles. The maximum atomic E-state index is 5.43. The van der Waals surface area contributed by atoms with Crippen molar-refractivity contribution in [2.24, 2.45) is 0 Å². The number of rotatable bonds is 1. The third-order valence-corrected chi connectivity index (χ3v) is 2.94. The van der Waals surface area contributed by atoms with Crippen LogP contribution in [0.25, 0.3) is 0 Å². The van der Waals surface area contributed by atoms with E-state index in [1.807, 2.05) is 12.1 Å². The Balaban J connectivity index is 1.89. The molecule has 3 rings (SSSR count). The van der Waals surface area contributed by atoms with Crippen LogP contribution in [0.5, 0.6) is 0 Å². The van der Waals surface area contributed by atoms with Gasteiger partial charge in [0.05, 0.1) is 6.26 Å². The van der Waals surface area contributed by atoms with Crippen LogP contribution in [0.2, 0.25) is 0 Å². The minimum atomic E-state index is 0.329. The van der Waals surface area contributed by atoms with Gasteiger partial charge in [-0.3, -0.25) is 0 Å². The Bertz CT molecular complexity index is 442. The summed E-state index contributed by atoms with van der Waals surface area (Å²) in [6.45, 7) is 0. The summed E-state index contributed by atoms with van der Waals surface area (Å²) in [7, 11) is 0. The zero-order valence-corrected chi connectivity index (χ0v) is 8.44. The minimum absolute atomic E-state index is 0.329. The van der Waals surface area contributed by atoms with Crippen molar-refractivity contribution in [3.63, 3.8) is 0 Å². The molecule has 1 nitrogen and oxygen atoms in total. The fourth-order valence-electron chi connectivity index (χ4n) is 2.14. The maximum absolute atomic E-state index is 5.43. The van der Waals surface area contributed by atoms with E-state index >= 15 is 0 Å². The standard InChI is InChI=1S/C14H12O/c1-2-5-12-10-13(8-7-11(12)4-1)14-6-3-9-15-14/h1-6,9,13H,7-8H2. The summed E-state index contributed by atoms with van der Waals surface area (Å²) in [6.07, 6.45) is 7.46. The average Bonchev–Trinajstić information content (AvgIpc) is 2.82. The molecule has 0 bridgehead atoms. The van der Waals surface area contributed by atoms with E-state index in [0.29, 0.717) is 5.92 Å². The minimum Gasteiger partial charge on any atom is -0.469 e. The van der Waals surface area contributed by atoms with Crippen LogP contribution in [0.3, 0.4) is 0 Å². The lowest BCUT2D eigenvalue weighted by atomic mass is 9.83. The molecule has 1 heterocycles. The van der Waals surface area contributed by atoms with Crippen molar-refractivity contribution in [2.45, 2.75) is 18.8 Å². The van der Waals surface area contributed by atoms with Gasteiger partial charge >= 0.3 is 0 Å². The highest BCUT2D eigenvalue weighted by molar-refractivity contribution is 5.39. The summed E-state index contributed by atoms with van der Waals surface area (Å²) >= 11 is 0. The second-order valence-corrected chi connectivity index (χ2v) is 3.91. The molecule has 0 amide bonds. The number of furan rings is 1. The SMILES string of the molecule is [C]1c2ccccc2CCC1c1ccco1. The van der Waals surface area contributed by atoms with Crippen molar-refractivity contribution in [3.05, 3.63) is 66.0 Å². The summed E-state index contributed by atoms with van der Waals surface area (Å²) in [4.78, 5) is 0. The Kier molecular flexibility index (Phi) is 2.09. The zero-order chi connectivity index (χ0) is 10.1. The van der Waals surface area contributed by atoms with Crippen molar-refractivity contribution in [1.82, 2.24) is 0 Å². The molecule has 1 aliphatic carbocycles. The number of hydrogen-bond donors (Lipinski definition) is 0. The summed E-state index contributed by atoms with van der Waals surface area (Å²) in [5, 5.41) is 0. The molecule has 74 valence electrons. The van der Waals surface area contributed by atoms with Gasteiger partial charge in [0.2, 0.25) is 0 Å². The fourth-order valence-corrected chi connectivity index (χ4v) is 2.14. The molecule has 1 aliphatic rings. The third kappa shape index (κ3) is 1.58. The van der Waals surface area contributed by atoms with Crippen LogP contribution in [0.4, 0.5) is 0 Å². The molecular weight excluding hydrogens is 184 g/mol. The highest BCUT2D eigenvalue weighted by atomic mass is 16.3. The lowest BCUT2D eigenvalue weighted by Crippen LogP contribution is -2.09. The van der Waals surface area contributed by atoms with Gasteiger partial charge in [-0.25, -0.2) is 0 Å². The Hall–Kier alpha value is -1.50. The monoisotopic (exact) mass is 196 g/mol. The van der Waals surface area contributed by atoms with Gasteiger partial charge in [0.25, 0.3) is 0 Å². The van der Waals surface area contributed by atoms with E-state index in [1.54, 1.807) is 6.26 Å². The van der Waals surface area contributed by atoms with E-state index in [9.17, 15) is 0 Å². The summed E-state index contributed by atoms with van der Waals surface area (Å²) in [6, 6.07) is 12.4. The van der Waals surface area contributed by atoms with Gasteiger partial charge in [0, 0.05) is 12.3 Å². The van der Waals surface area contributed by atoms with Crippen molar-refractivity contribution in [3.8, 4) is 0 Å². The summed E-state index contributed by atoms with van der Waals surface area (Å²) in [5.74, 6) is 1.36. The number of aryl methyl sites for hydroxylation is 1. The Morgan fingerprint density at radius 1 is 1.13 bits per heavy atom. The molecule has 0 spiro atoms. The van der Waals surface area contributed by atoms with E-state index < -0.39 is 0 Å². The van der Waals surface area contributed by atoms with Gasteiger partial charge in [-0.05, 0) is 36.1 Å². The van der Waals surface area contributed by atoms with Crippen molar-refractivity contribution >= 4 is 0 Å². The highest BCUT2D eigenvalue weighted by Gasteiger charge is 2.22. The number of benzene rings is 1. The lowest BCUT2D eigenvalue weighted by molar-refractivity contribution is 0.465. The largest absolute Gasteiger partial charge is 0.469 e. The predicted molar refractivity (Wildman–Crippen MR) is 58.6 cm³/mol. The van der Waals surface area contributed by atoms with Crippen molar-refractivity contribution in [1.29, 1.82) is 0 Å². The molecular formula is C14H12O. The average molecular weight is 196 g/mol. The topological polar surface area (TPSA) is 13.1 Å². The first-order valence-corrected chi connectivity index (χ1v) is 5.31. The first kappa shape index (κ1) is 8.78. The van der Waals surface area contributed by atoms with Crippen LogP contribution in [0, 0.1) is 6.42 Å². The molecule has 0 saturated carbocycles. The molecule has 15 heavy (non-hydrogen) atoms. The van der Waals surface area contributed by atoms with E-state index in [4.69, 9.17) is 4.42 Å². The molecule has 1 heteroatoms. The van der Waals surface area contributed by atoms with Crippen LogP contribution >= 0.6 is 0 Å². The maximum Gasteiger partial charge on any atom is 0.107 e. The number of hydrogen-bond acceptors (Lipinski definition) is 1. The molecule has 1 aromatic heterocycles. The summed E-state index contributed by atoms with van der Waals surface area (Å²) < 4.78 is 5.43. The fraction of sp³-hybridized carbons (Fsp3) is 0.214. The van der Waals surface area contributed by atoms with Crippen LogP contribution in [-0.4, -0.2) is 0 Å². The first-order valence-electron chi connectivity index (χ1n) is 5.31. The Morgan fingerprint density at radius 3 is 2.93 bits per heavy atom. The number of fused-ring (bicyclic) bond motifs is 1. The van der Waals surface area contributed by atoms with Crippen LogP contribution < -0.4 is 0 Å². The molecule has 2 aromatic rings. The first-order chi connectivity index (χ1) is 7.43. The van der Waals surface area contributed by atoms with Crippen molar-refractivity contribution < 1.29 is 4.42 Å². The zero-order valence-electron chi connectivity index (χ0n) is 8.44. The van der Waals surface area contributed by atoms with Gasteiger partial charge < -0.3 is 4.42 Å². The molecule has 2 radical (unpaired) electrons. The van der Waals surface area contributed by atoms with Gasteiger partial charge in [-0.15, -0.1) is 0 Å². The highest BCUT2D eigenvalue weighted by Crippen LogP contribution is 2.34. The normalized spacial score (nSPS) is 19.9. The summed E-state index contributed by atoms with van der Waals surface area (Å²) in [5.41, 5.74) is 2.64. The second kappa shape index (κ2) is 3.58. The molecule has 0 N–H and O–H groups in total. The van der Waals surface area contributed by atoms with E-state index in [1.165, 1.54) is 11.1 Å². The molecule has 1 unspecified atom stereocenters. The Labute approximate surface area is 89.7 Å². The van der Waals surface area contributed by atoms with Gasteiger partial charge in [0.15, 0.2) is 0 Å². The smallest absolute Gasteiger partial charge is 0.107 e. The van der Waals surface area contributed by atoms with Crippen LogP contribution in [0.15, 0.2) is 47.1 Å². The lowest BCUT2D eigenvalue weighted by Gasteiger charge is -2.21. The van der Waals surface area contributed by atoms with Crippen LogP contribution in [-0.2, 0) is 6.42 Å². The van der Waals surface area contributed by atoms with E-state index in [2.05, 4.69) is 30.7 Å². The van der Waals surface area contributed by atoms with E-state index in [-0.39, 0.29) is 0 Å². The van der Waals surface area contributed by atoms with Gasteiger partial charge in [-0.1, -0.05) is 24.3 Å². The molecule has 0 fully saturated rings. The molecule has 0 saturated heterocycles. The predicted octanol–water partition coefficient (Wildman–Crippen LogP) is 3.44. The quantitative estimate of drug-likeness (QED) is 0.681. The molecule has 1 atom stereocenters. The third-order valence-electron chi connectivity index (χ3n) is 2.94. The van der Waals surface area contributed by atoms with Crippen LogP contribution in [0.1, 0.15) is 29.2 Å². The molecule has 0 aliphatic heterocycles. The van der Waals surface area contributed by atoms with Gasteiger partial charge in [-0.2, -0.15) is 0 Å². The van der Waals surface area contributed by atoms with Crippen molar-refractivity contribution in [2.75, 3.05) is 0 Å². The van der Waals surface area contributed by atoms with E-state index in [0.717, 1.165) is 18.6 Å². The Morgan fingerprint density at radius 2 is 2.07 bits per heavy atom.